The molecule has 9 nitrogen and oxygen atoms in total. The van der Waals surface area contributed by atoms with Crippen molar-refractivity contribution in [1.82, 2.24) is 25.0 Å². The molecule has 4 aromatic rings. The Morgan fingerprint density at radius 3 is 2.43 bits per heavy atom. The number of allylic oxidation sites excluding steroid dienone is 1. The monoisotopic (exact) mass is 508 g/mol. The summed E-state index contributed by atoms with van der Waals surface area (Å²) in [4.78, 5) is 22.9. The standard InChI is InChI=1S/C25H23F3N8O/c1-14(2)20-11-21(17-6-4-5-7-19(17)34-20)35-22(25(26,27)28)18(12-29)24(37)33-16-10-15(3)23(30-13-16)36-31-8-9-32-36/h4-14,29H,1-3H3,(H,33,37)(H,34,35)/b22-18+,29-12?. The van der Waals surface area contributed by atoms with Crippen LogP contribution in [0, 0.1) is 12.3 Å². The number of benzene rings is 1. The van der Waals surface area contributed by atoms with Gasteiger partial charge in [0.1, 0.15) is 5.70 Å². The number of fused-ring (bicyclic) bond motifs is 1. The SMILES string of the molecule is Cc1cc(NC(=O)/C(C=N)=C(/Nc2cc(C(C)C)nc3ccccc23)C(F)(F)F)cnc1-n1nccn1. The molecule has 37 heavy (non-hydrogen) atoms. The van der Waals surface area contributed by atoms with Crippen molar-refractivity contribution >= 4 is 34.4 Å². The van der Waals surface area contributed by atoms with E-state index in [9.17, 15) is 18.0 Å². The van der Waals surface area contributed by atoms with E-state index in [1.54, 1.807) is 31.2 Å². The molecule has 0 atom stereocenters. The van der Waals surface area contributed by atoms with Crippen molar-refractivity contribution in [3.63, 3.8) is 0 Å². The van der Waals surface area contributed by atoms with Crippen molar-refractivity contribution in [3.05, 3.63) is 77.5 Å². The van der Waals surface area contributed by atoms with E-state index in [0.29, 0.717) is 34.2 Å². The molecule has 0 bridgehead atoms. The lowest BCUT2D eigenvalue weighted by Gasteiger charge is -2.20. The van der Waals surface area contributed by atoms with Gasteiger partial charge in [0.15, 0.2) is 5.82 Å². The van der Waals surface area contributed by atoms with Gasteiger partial charge in [-0.2, -0.15) is 23.4 Å². The first-order valence-corrected chi connectivity index (χ1v) is 11.2. The second kappa shape index (κ2) is 10.2. The highest BCUT2D eigenvalue weighted by Gasteiger charge is 2.38. The topological polar surface area (TPSA) is 121 Å². The number of para-hydroxylation sites is 1. The van der Waals surface area contributed by atoms with Crippen LogP contribution in [0.1, 0.15) is 31.0 Å². The van der Waals surface area contributed by atoms with Gasteiger partial charge < -0.3 is 16.0 Å². The largest absolute Gasteiger partial charge is 0.432 e. The number of aryl methyl sites for hydroxylation is 1. The van der Waals surface area contributed by atoms with Crippen molar-refractivity contribution in [2.24, 2.45) is 0 Å². The third kappa shape index (κ3) is 5.47. The third-order valence-corrected chi connectivity index (χ3v) is 5.45. The molecule has 0 radical (unpaired) electrons. The number of carbonyl (C=O) groups is 1. The number of halogens is 3. The number of anilines is 2. The molecular weight excluding hydrogens is 485 g/mol. The van der Waals surface area contributed by atoms with Crippen LogP contribution in [0.4, 0.5) is 24.5 Å². The molecule has 1 aromatic carbocycles. The van der Waals surface area contributed by atoms with Gasteiger partial charge in [0, 0.05) is 23.0 Å². The number of rotatable bonds is 7. The Kier molecular flexibility index (Phi) is 7.00. The number of amides is 1. The Labute approximate surface area is 209 Å². The Bertz CT molecular complexity index is 1490. The van der Waals surface area contributed by atoms with E-state index in [1.807, 2.05) is 13.8 Å². The van der Waals surface area contributed by atoms with E-state index >= 15 is 0 Å². The molecule has 3 N–H and O–H groups in total. The zero-order valence-electron chi connectivity index (χ0n) is 20.1. The van der Waals surface area contributed by atoms with Gasteiger partial charge in [-0.1, -0.05) is 32.0 Å². The number of alkyl halides is 3. The minimum absolute atomic E-state index is 0.0513. The van der Waals surface area contributed by atoms with Crippen LogP contribution in [-0.2, 0) is 4.79 Å². The minimum atomic E-state index is -4.96. The van der Waals surface area contributed by atoms with Gasteiger partial charge in [-0.05, 0) is 36.6 Å². The maximum absolute atomic E-state index is 14.2. The third-order valence-electron chi connectivity index (χ3n) is 5.45. The van der Waals surface area contributed by atoms with Crippen molar-refractivity contribution in [3.8, 4) is 5.82 Å². The first-order valence-electron chi connectivity index (χ1n) is 11.2. The quantitative estimate of drug-likeness (QED) is 0.234. The van der Waals surface area contributed by atoms with Crippen LogP contribution in [-0.4, -0.2) is 43.3 Å². The van der Waals surface area contributed by atoms with E-state index < -0.39 is 23.4 Å². The highest BCUT2D eigenvalue weighted by Crippen LogP contribution is 2.33. The lowest BCUT2D eigenvalue weighted by molar-refractivity contribution is -0.114. The second-order valence-electron chi connectivity index (χ2n) is 8.46. The van der Waals surface area contributed by atoms with Crippen molar-refractivity contribution in [1.29, 1.82) is 5.41 Å². The molecule has 0 spiro atoms. The molecule has 190 valence electrons. The molecule has 0 aliphatic carbocycles. The minimum Gasteiger partial charge on any atom is -0.350 e. The molecule has 0 aliphatic rings. The van der Waals surface area contributed by atoms with Gasteiger partial charge in [-0.15, -0.1) is 4.80 Å². The van der Waals surface area contributed by atoms with E-state index in [4.69, 9.17) is 5.41 Å². The molecule has 4 rings (SSSR count). The summed E-state index contributed by atoms with van der Waals surface area (Å²) in [5.41, 5.74) is -0.321. The Morgan fingerprint density at radius 2 is 1.81 bits per heavy atom. The van der Waals surface area contributed by atoms with Gasteiger partial charge in [-0.25, -0.2) is 4.98 Å². The zero-order valence-corrected chi connectivity index (χ0v) is 20.1. The molecule has 1 amide bonds. The van der Waals surface area contributed by atoms with Gasteiger partial charge in [0.2, 0.25) is 0 Å². The van der Waals surface area contributed by atoms with Crippen molar-refractivity contribution in [2.45, 2.75) is 32.9 Å². The summed E-state index contributed by atoms with van der Waals surface area (Å²) in [6.45, 7) is 5.45. The molecule has 3 aromatic heterocycles. The van der Waals surface area contributed by atoms with E-state index in [0.717, 1.165) is 0 Å². The fraction of sp³-hybridized carbons (Fsp3) is 0.200. The maximum atomic E-state index is 14.2. The van der Waals surface area contributed by atoms with E-state index in [2.05, 4.69) is 30.8 Å². The number of nitrogens with zero attached hydrogens (tertiary/aromatic N) is 5. The Hall–Kier alpha value is -4.61. The summed E-state index contributed by atoms with van der Waals surface area (Å²) in [7, 11) is 0. The molecular formula is C25H23F3N8O. The predicted octanol–water partition coefficient (Wildman–Crippen LogP) is 5.16. The lowest BCUT2D eigenvalue weighted by Crippen LogP contribution is -2.27. The van der Waals surface area contributed by atoms with Gasteiger partial charge in [0.25, 0.3) is 5.91 Å². The Morgan fingerprint density at radius 1 is 1.11 bits per heavy atom. The highest BCUT2D eigenvalue weighted by molar-refractivity contribution is 6.18. The second-order valence-corrected chi connectivity index (χ2v) is 8.46. The number of carbonyl (C=O) groups excluding carboxylic acids is 1. The molecule has 0 aliphatic heterocycles. The van der Waals surface area contributed by atoms with Gasteiger partial charge >= 0.3 is 6.18 Å². The molecule has 12 heteroatoms. The summed E-state index contributed by atoms with van der Waals surface area (Å²) in [5, 5.41) is 20.8. The van der Waals surface area contributed by atoms with Crippen LogP contribution in [0.15, 0.2) is 66.3 Å². The summed E-state index contributed by atoms with van der Waals surface area (Å²) < 4.78 is 42.7. The number of pyridine rings is 2. The lowest BCUT2D eigenvalue weighted by atomic mass is 10.1. The normalized spacial score (nSPS) is 12.4. The first kappa shape index (κ1) is 25.5. The molecule has 0 fully saturated rings. The fourth-order valence-electron chi connectivity index (χ4n) is 3.64. The highest BCUT2D eigenvalue weighted by atomic mass is 19.4. The summed E-state index contributed by atoms with van der Waals surface area (Å²) in [5.74, 6) is -0.776. The van der Waals surface area contributed by atoms with Crippen LogP contribution in [0.3, 0.4) is 0 Å². The molecule has 0 unspecified atom stereocenters. The number of aromatic nitrogens is 5. The predicted molar refractivity (Wildman–Crippen MR) is 134 cm³/mol. The first-order chi connectivity index (χ1) is 17.6. The fourth-order valence-corrected chi connectivity index (χ4v) is 3.64. The van der Waals surface area contributed by atoms with Gasteiger partial charge in [0.05, 0.1) is 35.4 Å². The van der Waals surface area contributed by atoms with Crippen LogP contribution in [0.5, 0.6) is 0 Å². The molecule has 0 saturated heterocycles. The van der Waals surface area contributed by atoms with E-state index in [-0.39, 0.29) is 17.3 Å². The average Bonchev–Trinajstić information content (AvgIpc) is 3.37. The molecule has 0 saturated carbocycles. The summed E-state index contributed by atoms with van der Waals surface area (Å²) in [6, 6.07) is 9.81. The maximum Gasteiger partial charge on any atom is 0.432 e. The van der Waals surface area contributed by atoms with Crippen LogP contribution in [0.2, 0.25) is 0 Å². The van der Waals surface area contributed by atoms with Crippen LogP contribution >= 0.6 is 0 Å². The Balaban J connectivity index is 1.72. The van der Waals surface area contributed by atoms with Gasteiger partial charge in [-0.3, -0.25) is 9.78 Å². The summed E-state index contributed by atoms with van der Waals surface area (Å²) in [6.07, 6.45) is -0.368. The van der Waals surface area contributed by atoms with Crippen molar-refractivity contribution < 1.29 is 18.0 Å². The molecule has 3 heterocycles. The smallest absolute Gasteiger partial charge is 0.350 e. The van der Waals surface area contributed by atoms with Crippen LogP contribution < -0.4 is 10.6 Å². The van der Waals surface area contributed by atoms with Crippen molar-refractivity contribution in [2.75, 3.05) is 10.6 Å². The number of hydrogen-bond acceptors (Lipinski definition) is 7. The zero-order chi connectivity index (χ0) is 26.7. The van der Waals surface area contributed by atoms with E-state index in [1.165, 1.54) is 35.5 Å². The number of hydrogen-bond donors (Lipinski definition) is 3. The average molecular weight is 509 g/mol. The number of nitrogens with one attached hydrogen (secondary N) is 3. The summed E-state index contributed by atoms with van der Waals surface area (Å²) >= 11 is 0. The van der Waals surface area contributed by atoms with Crippen LogP contribution in [0.25, 0.3) is 16.7 Å².